The van der Waals surface area contributed by atoms with Gasteiger partial charge in [0.25, 0.3) is 17.5 Å². The average molecular weight is 433 g/mol. The molecule has 3 rings (SSSR count). The highest BCUT2D eigenvalue weighted by Gasteiger charge is 2.39. The molecule has 0 saturated heterocycles. The zero-order valence-electron chi connectivity index (χ0n) is 15.5. The Bertz CT molecular complexity index is 973. The molecule has 0 N–H and O–H groups in total. The van der Waals surface area contributed by atoms with Gasteiger partial charge >= 0.3 is 0 Å². The van der Waals surface area contributed by atoms with E-state index in [0.29, 0.717) is 23.6 Å². The first-order valence-electron chi connectivity index (χ1n) is 8.70. The quantitative estimate of drug-likeness (QED) is 0.269. The first-order valence-corrected chi connectivity index (χ1v) is 9.89. The van der Waals surface area contributed by atoms with E-state index in [1.54, 1.807) is 31.4 Å². The molecule has 0 saturated carbocycles. The third kappa shape index (κ3) is 4.67. The fourth-order valence-corrected chi connectivity index (χ4v) is 3.98. The van der Waals surface area contributed by atoms with Crippen LogP contribution in [0.3, 0.4) is 0 Å². The van der Waals surface area contributed by atoms with Crippen LogP contribution in [0, 0.1) is 10.1 Å². The zero-order valence-corrected chi connectivity index (χ0v) is 17.0. The number of thioether (sulfide) groups is 1. The van der Waals surface area contributed by atoms with Crippen molar-refractivity contribution >= 4 is 46.4 Å². The molecule has 1 aliphatic rings. The van der Waals surface area contributed by atoms with Crippen molar-refractivity contribution in [2.75, 3.05) is 20.3 Å². The van der Waals surface area contributed by atoms with Crippen molar-refractivity contribution in [3.05, 3.63) is 74.1 Å². The second kappa shape index (κ2) is 9.21. The topological polar surface area (TPSA) is 89.8 Å². The van der Waals surface area contributed by atoms with Crippen LogP contribution in [0.15, 0.2) is 58.3 Å². The SMILES string of the molecule is COCCCN1C(=O)C(Sc2ccc(Cl)cc2)=C(c2ccc([N+](=O)[O-])cc2)C1=O. The Labute approximate surface area is 176 Å². The minimum absolute atomic E-state index is 0.0880. The van der Waals surface area contributed by atoms with Crippen molar-refractivity contribution in [3.63, 3.8) is 0 Å². The molecule has 0 bridgehead atoms. The van der Waals surface area contributed by atoms with Gasteiger partial charge in [0.2, 0.25) is 0 Å². The number of hydrogen-bond acceptors (Lipinski definition) is 6. The van der Waals surface area contributed by atoms with E-state index >= 15 is 0 Å². The summed E-state index contributed by atoms with van der Waals surface area (Å²) in [6.45, 7) is 0.649. The first-order chi connectivity index (χ1) is 13.9. The number of methoxy groups -OCH3 is 1. The minimum Gasteiger partial charge on any atom is -0.385 e. The van der Waals surface area contributed by atoms with Gasteiger partial charge in [-0.2, -0.15) is 0 Å². The smallest absolute Gasteiger partial charge is 0.269 e. The number of carbonyl (C=O) groups excluding carboxylic acids is 2. The summed E-state index contributed by atoms with van der Waals surface area (Å²) in [5.74, 6) is -0.809. The lowest BCUT2D eigenvalue weighted by Crippen LogP contribution is -2.33. The Morgan fingerprint density at radius 1 is 1.07 bits per heavy atom. The summed E-state index contributed by atoms with van der Waals surface area (Å²) in [4.78, 5) is 38.6. The van der Waals surface area contributed by atoms with Gasteiger partial charge in [0.1, 0.15) is 0 Å². The molecular weight excluding hydrogens is 416 g/mol. The maximum Gasteiger partial charge on any atom is 0.269 e. The molecule has 0 spiro atoms. The number of imide groups is 1. The monoisotopic (exact) mass is 432 g/mol. The van der Waals surface area contributed by atoms with Gasteiger partial charge in [-0.15, -0.1) is 0 Å². The number of rotatable bonds is 8. The Morgan fingerprint density at radius 2 is 1.72 bits per heavy atom. The normalized spacial score (nSPS) is 14.1. The number of nitrogens with zero attached hydrogens (tertiary/aromatic N) is 2. The fourth-order valence-electron chi connectivity index (χ4n) is 2.84. The van der Waals surface area contributed by atoms with E-state index in [4.69, 9.17) is 16.3 Å². The van der Waals surface area contributed by atoms with Crippen molar-refractivity contribution in [3.8, 4) is 0 Å². The second-order valence-electron chi connectivity index (χ2n) is 6.17. The molecule has 2 amide bonds. The average Bonchev–Trinajstić information content (AvgIpc) is 2.94. The number of nitro benzene ring substituents is 1. The van der Waals surface area contributed by atoms with E-state index in [0.717, 1.165) is 4.90 Å². The van der Waals surface area contributed by atoms with Crippen LogP contribution in [-0.2, 0) is 14.3 Å². The van der Waals surface area contributed by atoms with Crippen LogP contribution in [0.2, 0.25) is 5.02 Å². The van der Waals surface area contributed by atoms with E-state index in [9.17, 15) is 19.7 Å². The molecule has 0 unspecified atom stereocenters. The van der Waals surface area contributed by atoms with Crippen molar-refractivity contribution < 1.29 is 19.2 Å². The van der Waals surface area contributed by atoms with E-state index in [1.807, 2.05) is 0 Å². The Kier molecular flexibility index (Phi) is 6.68. The van der Waals surface area contributed by atoms with Gasteiger partial charge in [-0.05, 0) is 48.4 Å². The van der Waals surface area contributed by atoms with Gasteiger partial charge in [0, 0.05) is 42.3 Å². The number of carbonyl (C=O) groups is 2. The molecule has 1 aliphatic heterocycles. The molecule has 0 radical (unpaired) electrons. The maximum absolute atomic E-state index is 13.0. The highest BCUT2D eigenvalue weighted by molar-refractivity contribution is 8.04. The predicted molar refractivity (Wildman–Crippen MR) is 111 cm³/mol. The molecule has 1 heterocycles. The Morgan fingerprint density at radius 3 is 2.31 bits per heavy atom. The highest BCUT2D eigenvalue weighted by Crippen LogP contribution is 2.40. The van der Waals surface area contributed by atoms with Gasteiger partial charge in [-0.1, -0.05) is 23.4 Å². The van der Waals surface area contributed by atoms with Crippen LogP contribution in [-0.4, -0.2) is 41.9 Å². The number of ether oxygens (including phenoxy) is 1. The third-order valence-corrected chi connectivity index (χ3v) is 5.60. The largest absolute Gasteiger partial charge is 0.385 e. The number of amides is 2. The van der Waals surface area contributed by atoms with Crippen LogP contribution in [0.1, 0.15) is 12.0 Å². The molecule has 0 aromatic heterocycles. The number of hydrogen-bond donors (Lipinski definition) is 0. The molecule has 0 aliphatic carbocycles. The number of non-ortho nitro benzene ring substituents is 1. The molecule has 2 aromatic rings. The van der Waals surface area contributed by atoms with E-state index in [1.165, 1.54) is 40.9 Å². The zero-order chi connectivity index (χ0) is 21.0. The van der Waals surface area contributed by atoms with E-state index in [2.05, 4.69) is 0 Å². The van der Waals surface area contributed by atoms with Crippen molar-refractivity contribution in [2.24, 2.45) is 0 Å². The summed E-state index contributed by atoms with van der Waals surface area (Å²) in [5, 5.41) is 11.5. The lowest BCUT2D eigenvalue weighted by Gasteiger charge is -2.14. The van der Waals surface area contributed by atoms with Crippen molar-refractivity contribution in [2.45, 2.75) is 11.3 Å². The van der Waals surface area contributed by atoms with Crippen LogP contribution >= 0.6 is 23.4 Å². The lowest BCUT2D eigenvalue weighted by atomic mass is 10.1. The summed E-state index contributed by atoms with van der Waals surface area (Å²) in [5.41, 5.74) is 0.608. The molecule has 150 valence electrons. The Balaban J connectivity index is 1.99. The van der Waals surface area contributed by atoms with Gasteiger partial charge < -0.3 is 4.74 Å². The summed E-state index contributed by atoms with van der Waals surface area (Å²) in [7, 11) is 1.55. The molecule has 9 heteroatoms. The predicted octanol–water partition coefficient (Wildman–Crippen LogP) is 4.16. The molecule has 2 aromatic carbocycles. The molecular formula is C20H17ClN2O5S. The van der Waals surface area contributed by atoms with Gasteiger partial charge in [-0.3, -0.25) is 24.6 Å². The number of nitro groups is 1. The van der Waals surface area contributed by atoms with Crippen molar-refractivity contribution in [1.82, 2.24) is 4.90 Å². The number of halogens is 1. The van der Waals surface area contributed by atoms with E-state index in [-0.39, 0.29) is 28.6 Å². The standard InChI is InChI=1S/C20H17ClN2O5S/c1-28-12-2-11-22-19(24)17(13-3-7-15(8-4-13)23(26)27)18(20(22)25)29-16-9-5-14(21)6-10-16/h3-10H,2,11-12H2,1H3. The Hall–Kier alpha value is -2.68. The van der Waals surface area contributed by atoms with Crippen LogP contribution < -0.4 is 0 Å². The highest BCUT2D eigenvalue weighted by atomic mass is 35.5. The lowest BCUT2D eigenvalue weighted by molar-refractivity contribution is -0.384. The first kappa shape index (κ1) is 21.0. The molecule has 7 nitrogen and oxygen atoms in total. The van der Waals surface area contributed by atoms with Crippen LogP contribution in [0.25, 0.3) is 5.57 Å². The van der Waals surface area contributed by atoms with Gasteiger partial charge in [0.05, 0.1) is 15.4 Å². The van der Waals surface area contributed by atoms with Crippen molar-refractivity contribution in [1.29, 1.82) is 0 Å². The fraction of sp³-hybridized carbons (Fsp3) is 0.200. The van der Waals surface area contributed by atoms with E-state index < -0.39 is 10.8 Å². The summed E-state index contributed by atoms with van der Waals surface area (Å²) in [6.07, 6.45) is 0.514. The van der Waals surface area contributed by atoms with Crippen LogP contribution in [0.4, 0.5) is 5.69 Å². The van der Waals surface area contributed by atoms with Crippen LogP contribution in [0.5, 0.6) is 0 Å². The minimum atomic E-state index is -0.514. The summed E-state index contributed by atoms with van der Waals surface area (Å²) in [6, 6.07) is 12.5. The maximum atomic E-state index is 13.0. The third-order valence-electron chi connectivity index (χ3n) is 4.26. The summed E-state index contributed by atoms with van der Waals surface area (Å²) >= 11 is 7.09. The number of benzene rings is 2. The summed E-state index contributed by atoms with van der Waals surface area (Å²) < 4.78 is 5.01. The van der Waals surface area contributed by atoms with Gasteiger partial charge in [0.15, 0.2) is 0 Å². The van der Waals surface area contributed by atoms with Gasteiger partial charge in [-0.25, -0.2) is 0 Å². The molecule has 0 fully saturated rings. The molecule has 0 atom stereocenters. The molecule has 29 heavy (non-hydrogen) atoms. The second-order valence-corrected chi connectivity index (χ2v) is 7.69.